The summed E-state index contributed by atoms with van der Waals surface area (Å²) in [5.41, 5.74) is 25.4. The van der Waals surface area contributed by atoms with Crippen LogP contribution in [0.5, 0.6) is 0 Å². The molecule has 26 heavy (non-hydrogen) atoms. The fraction of sp³-hybridized carbons (Fsp3) is 0.700. The van der Waals surface area contributed by atoms with Gasteiger partial charge in [-0.3, -0.25) is 4.90 Å². The molecule has 0 saturated carbocycles. The number of hydrogen-bond acceptors (Lipinski definition) is 6. The van der Waals surface area contributed by atoms with Crippen LogP contribution < -0.4 is 28.3 Å². The van der Waals surface area contributed by atoms with Crippen LogP contribution in [0.2, 0.25) is 0 Å². The first-order valence-corrected chi connectivity index (χ1v) is 10.1. The number of nitrogens with two attached hydrogens (primary N) is 4. The number of rotatable bonds is 16. The Balaban J connectivity index is 2.65. The third-order valence-corrected chi connectivity index (χ3v) is 4.57. The molecule has 9 N–H and O–H groups in total. The normalized spacial score (nSPS) is 12.7. The Morgan fingerprint density at radius 1 is 0.846 bits per heavy atom. The van der Waals surface area contributed by atoms with E-state index in [9.17, 15) is 0 Å². The number of benzene rings is 1. The molecule has 0 amide bonds. The Morgan fingerprint density at radius 2 is 1.50 bits per heavy atom. The number of hydrogen-bond donors (Lipinski definition) is 5. The summed E-state index contributed by atoms with van der Waals surface area (Å²) < 4.78 is 0. The van der Waals surface area contributed by atoms with Gasteiger partial charge in [0.2, 0.25) is 0 Å². The topological polar surface area (TPSA) is 119 Å². The lowest BCUT2D eigenvalue weighted by molar-refractivity contribution is 0.262. The van der Waals surface area contributed by atoms with Crippen molar-refractivity contribution in [3.8, 4) is 0 Å². The van der Waals surface area contributed by atoms with Crippen molar-refractivity contribution in [3.05, 3.63) is 35.4 Å². The van der Waals surface area contributed by atoms with Gasteiger partial charge >= 0.3 is 0 Å². The molecule has 6 nitrogen and oxygen atoms in total. The van der Waals surface area contributed by atoms with Gasteiger partial charge in [0.05, 0.1) is 0 Å². The number of nitrogens with zero attached hydrogens (tertiary/aromatic N) is 1. The highest BCUT2D eigenvalue weighted by molar-refractivity contribution is 5.24. The molecule has 0 fully saturated rings. The van der Waals surface area contributed by atoms with Gasteiger partial charge in [-0.25, -0.2) is 0 Å². The van der Waals surface area contributed by atoms with Crippen LogP contribution in [0, 0.1) is 0 Å². The molecule has 1 unspecified atom stereocenters. The first kappa shape index (κ1) is 23.0. The monoisotopic (exact) mass is 364 g/mol. The van der Waals surface area contributed by atoms with E-state index in [1.165, 1.54) is 11.1 Å². The van der Waals surface area contributed by atoms with E-state index in [2.05, 4.69) is 34.5 Å². The summed E-state index contributed by atoms with van der Waals surface area (Å²) in [6, 6.07) is 9.32. The van der Waals surface area contributed by atoms with Crippen molar-refractivity contribution in [2.24, 2.45) is 22.9 Å². The van der Waals surface area contributed by atoms with Gasteiger partial charge in [-0.15, -0.1) is 0 Å². The van der Waals surface area contributed by atoms with Crippen molar-refractivity contribution in [3.63, 3.8) is 0 Å². The molecule has 0 heterocycles. The molecule has 0 saturated heterocycles. The largest absolute Gasteiger partial charge is 0.330 e. The third kappa shape index (κ3) is 10.2. The summed E-state index contributed by atoms with van der Waals surface area (Å²) >= 11 is 0. The molecule has 1 aromatic rings. The standard InChI is InChI=1S/C20H40N6/c21-8-2-12-25-20(7-11-24)16-18-5-1-6-19(15-18)17-26(13-3-9-22)14-4-10-23/h1,5-6,15,20,25H,2-4,7-14,16-17,21-24H2. The van der Waals surface area contributed by atoms with E-state index in [1.807, 2.05) is 0 Å². The molecule has 1 rings (SSSR count). The molecule has 0 bridgehead atoms. The molecule has 0 aliphatic heterocycles. The van der Waals surface area contributed by atoms with Gasteiger partial charge in [0.15, 0.2) is 0 Å². The Labute approximate surface area is 159 Å². The second kappa shape index (κ2) is 15.1. The first-order valence-electron chi connectivity index (χ1n) is 10.1. The minimum absolute atomic E-state index is 0.410. The van der Waals surface area contributed by atoms with Gasteiger partial charge in [0.25, 0.3) is 0 Å². The van der Waals surface area contributed by atoms with Gasteiger partial charge < -0.3 is 28.3 Å². The van der Waals surface area contributed by atoms with Crippen LogP contribution in [0.4, 0.5) is 0 Å². The molecule has 0 aliphatic rings. The Kier molecular flexibility index (Phi) is 13.4. The maximum Gasteiger partial charge on any atom is 0.0233 e. The van der Waals surface area contributed by atoms with Gasteiger partial charge in [-0.1, -0.05) is 24.3 Å². The highest BCUT2D eigenvalue weighted by atomic mass is 15.1. The van der Waals surface area contributed by atoms with Crippen molar-refractivity contribution in [1.82, 2.24) is 10.2 Å². The van der Waals surface area contributed by atoms with Crippen LogP contribution in [-0.2, 0) is 13.0 Å². The second-order valence-corrected chi connectivity index (χ2v) is 6.96. The minimum atomic E-state index is 0.410. The van der Waals surface area contributed by atoms with Crippen LogP contribution in [0.15, 0.2) is 24.3 Å². The summed E-state index contributed by atoms with van der Waals surface area (Å²) in [6.07, 6.45) is 5.02. The summed E-state index contributed by atoms with van der Waals surface area (Å²) in [7, 11) is 0. The average Bonchev–Trinajstić information content (AvgIpc) is 2.64. The molecule has 0 aliphatic carbocycles. The first-order chi connectivity index (χ1) is 12.7. The van der Waals surface area contributed by atoms with E-state index in [0.717, 1.165) is 77.9 Å². The minimum Gasteiger partial charge on any atom is -0.330 e. The Hall–Kier alpha value is -1.02. The average molecular weight is 365 g/mol. The highest BCUT2D eigenvalue weighted by Gasteiger charge is 2.10. The molecular formula is C20H40N6. The lowest BCUT2D eigenvalue weighted by Crippen LogP contribution is -2.34. The lowest BCUT2D eigenvalue weighted by Gasteiger charge is -2.23. The molecule has 6 heteroatoms. The predicted molar refractivity (Wildman–Crippen MR) is 112 cm³/mol. The van der Waals surface area contributed by atoms with Crippen molar-refractivity contribution < 1.29 is 0 Å². The van der Waals surface area contributed by atoms with Gasteiger partial charge in [0, 0.05) is 12.6 Å². The molecule has 0 radical (unpaired) electrons. The smallest absolute Gasteiger partial charge is 0.0233 e. The maximum atomic E-state index is 5.78. The fourth-order valence-electron chi connectivity index (χ4n) is 3.18. The zero-order chi connectivity index (χ0) is 19.0. The van der Waals surface area contributed by atoms with Crippen LogP contribution in [0.25, 0.3) is 0 Å². The summed E-state index contributed by atoms with van der Waals surface area (Å²) in [6.45, 7) is 6.84. The van der Waals surface area contributed by atoms with E-state index in [0.29, 0.717) is 12.6 Å². The SMILES string of the molecule is NCCCNC(CCN)Cc1cccc(CN(CCCN)CCCN)c1. The molecule has 150 valence electrons. The summed E-state index contributed by atoms with van der Waals surface area (Å²) in [4.78, 5) is 2.45. The van der Waals surface area contributed by atoms with Crippen molar-refractivity contribution in [2.45, 2.75) is 44.7 Å². The zero-order valence-electron chi connectivity index (χ0n) is 16.3. The fourth-order valence-corrected chi connectivity index (χ4v) is 3.18. The van der Waals surface area contributed by atoms with E-state index >= 15 is 0 Å². The molecule has 0 spiro atoms. The van der Waals surface area contributed by atoms with E-state index in [1.54, 1.807) is 0 Å². The van der Waals surface area contributed by atoms with Crippen LogP contribution in [-0.4, -0.2) is 56.8 Å². The molecule has 1 aromatic carbocycles. The van der Waals surface area contributed by atoms with Gasteiger partial charge in [-0.05, 0) is 89.0 Å². The predicted octanol–water partition coefficient (Wildman–Crippen LogP) is 0.385. The summed E-state index contributed by atoms with van der Waals surface area (Å²) in [5, 5.41) is 3.59. The van der Waals surface area contributed by atoms with E-state index in [4.69, 9.17) is 22.9 Å². The highest BCUT2D eigenvalue weighted by Crippen LogP contribution is 2.12. The Morgan fingerprint density at radius 3 is 2.12 bits per heavy atom. The molecular weight excluding hydrogens is 324 g/mol. The molecule has 0 aromatic heterocycles. The second-order valence-electron chi connectivity index (χ2n) is 6.96. The molecule has 1 atom stereocenters. The van der Waals surface area contributed by atoms with Crippen LogP contribution in [0.3, 0.4) is 0 Å². The summed E-state index contributed by atoms with van der Waals surface area (Å²) in [5.74, 6) is 0. The van der Waals surface area contributed by atoms with Crippen molar-refractivity contribution >= 4 is 0 Å². The van der Waals surface area contributed by atoms with Crippen molar-refractivity contribution in [1.29, 1.82) is 0 Å². The zero-order valence-corrected chi connectivity index (χ0v) is 16.3. The van der Waals surface area contributed by atoms with E-state index in [-0.39, 0.29) is 0 Å². The van der Waals surface area contributed by atoms with Crippen molar-refractivity contribution in [2.75, 3.05) is 45.8 Å². The number of nitrogens with one attached hydrogen (secondary N) is 1. The van der Waals surface area contributed by atoms with Gasteiger partial charge in [-0.2, -0.15) is 0 Å². The third-order valence-electron chi connectivity index (χ3n) is 4.57. The van der Waals surface area contributed by atoms with Crippen LogP contribution >= 0.6 is 0 Å². The maximum absolute atomic E-state index is 5.78. The van der Waals surface area contributed by atoms with E-state index < -0.39 is 0 Å². The lowest BCUT2D eigenvalue weighted by atomic mass is 10.0. The van der Waals surface area contributed by atoms with Crippen LogP contribution in [0.1, 0.15) is 36.8 Å². The van der Waals surface area contributed by atoms with Gasteiger partial charge in [0.1, 0.15) is 0 Å². The Bertz CT molecular complexity index is 446. The quantitative estimate of drug-likeness (QED) is 0.271.